The van der Waals surface area contributed by atoms with Crippen molar-refractivity contribution in [3.63, 3.8) is 0 Å². The maximum absolute atomic E-state index is 13.8. The molecule has 1 heterocycles. The molecule has 0 unspecified atom stereocenters. The van der Waals surface area contributed by atoms with E-state index in [1.807, 2.05) is 0 Å². The highest BCUT2D eigenvalue weighted by molar-refractivity contribution is 5.83. The lowest BCUT2D eigenvalue weighted by Gasteiger charge is -2.27. The summed E-state index contributed by atoms with van der Waals surface area (Å²) in [5.74, 6) is -2.94. The fourth-order valence-corrected chi connectivity index (χ4v) is 12.2. The second kappa shape index (κ2) is 63.9. The molecule has 506 valence electrons. The molecule has 0 amide bonds. The molecule has 1 aliphatic rings. The van der Waals surface area contributed by atoms with Gasteiger partial charge in [-0.1, -0.05) is 374 Å². The maximum atomic E-state index is 13.8. The normalized spacial score (nSPS) is 15.7. The van der Waals surface area contributed by atoms with Gasteiger partial charge in [-0.2, -0.15) is 0 Å². The van der Waals surface area contributed by atoms with Crippen LogP contribution in [0.15, 0.2) is 0 Å². The summed E-state index contributed by atoms with van der Waals surface area (Å²) in [7, 11) is 0. The van der Waals surface area contributed by atoms with Crippen LogP contribution in [-0.2, 0) is 47.7 Å². The van der Waals surface area contributed by atoms with Crippen molar-refractivity contribution >= 4 is 29.8 Å². The lowest BCUT2D eigenvalue weighted by molar-refractivity contribution is -0.180. The van der Waals surface area contributed by atoms with Crippen molar-refractivity contribution in [2.45, 2.75) is 450 Å². The highest BCUT2D eigenvalue weighted by atomic mass is 16.7. The van der Waals surface area contributed by atoms with Gasteiger partial charge in [0.2, 0.25) is 6.10 Å². The number of carbonyl (C=O) groups is 5. The Kier molecular flexibility index (Phi) is 56.3. The minimum Gasteiger partial charge on any atom is -0.462 e. The summed E-state index contributed by atoms with van der Waals surface area (Å²) in [5.41, 5.74) is 0. The van der Waals surface area contributed by atoms with Crippen molar-refractivity contribution in [2.24, 2.45) is 0 Å². The van der Waals surface area contributed by atoms with E-state index >= 15 is 0 Å². The van der Waals surface area contributed by atoms with Gasteiger partial charge in [0.1, 0.15) is 6.61 Å². The summed E-state index contributed by atoms with van der Waals surface area (Å²) in [5, 5.41) is 0. The minimum absolute atomic E-state index is 0.108. The lowest BCUT2D eigenvalue weighted by atomic mass is 10.0. The van der Waals surface area contributed by atoms with Gasteiger partial charge >= 0.3 is 29.8 Å². The van der Waals surface area contributed by atoms with Gasteiger partial charge in [0.25, 0.3) is 0 Å². The monoisotopic (exact) mass is 1220 g/mol. The molecule has 1 fully saturated rings. The largest absolute Gasteiger partial charge is 0.462 e. The highest BCUT2D eigenvalue weighted by Crippen LogP contribution is 2.29. The summed E-state index contributed by atoms with van der Waals surface area (Å²) in [6.07, 6.45) is 62.1. The fraction of sp³-hybridized carbons (Fsp3) is 0.934. The number of carbonyl (C=O) groups excluding carboxylic acids is 5. The van der Waals surface area contributed by atoms with Crippen molar-refractivity contribution in [1.29, 1.82) is 0 Å². The van der Waals surface area contributed by atoms with Gasteiger partial charge in [-0.25, -0.2) is 4.79 Å². The van der Waals surface area contributed by atoms with Crippen molar-refractivity contribution in [2.75, 3.05) is 6.61 Å². The second-order valence-corrected chi connectivity index (χ2v) is 26.1. The molecule has 10 heteroatoms. The molecule has 4 atom stereocenters. The van der Waals surface area contributed by atoms with Crippen LogP contribution in [0.4, 0.5) is 0 Å². The summed E-state index contributed by atoms with van der Waals surface area (Å²) in [6.45, 7) is 3.51. The standard InChI is InChI=1S/C76H142O10/c1-5-9-13-17-21-25-29-33-36-40-44-48-52-56-60-64-70(78)83-68(67-82-69(77)63-59-55-51-47-43-39-32-28-24-20-16-12-8-4)73-74(84-71(79)65-61-57-53-49-45-41-37-34-30-26-22-18-14-10-6-2)75(76(81)86-73)85-72(80)66-62-58-54-50-46-42-38-35-31-27-23-19-15-11-7-3/h68,73-75H,5-67H2,1-4H3/t68-,73-,74+,75-/m1/s1/i1D,2D,3D. The Bertz CT molecular complexity index is 1580. The van der Waals surface area contributed by atoms with Crippen molar-refractivity contribution in [3.8, 4) is 0 Å². The van der Waals surface area contributed by atoms with E-state index in [4.69, 9.17) is 27.8 Å². The Hall–Kier alpha value is -2.65. The zero-order chi connectivity index (χ0) is 64.4. The van der Waals surface area contributed by atoms with Gasteiger partial charge in [0.15, 0.2) is 18.3 Å². The Balaban J connectivity index is 2.90. The van der Waals surface area contributed by atoms with Gasteiger partial charge in [0, 0.05) is 29.8 Å². The van der Waals surface area contributed by atoms with E-state index in [0.29, 0.717) is 46.4 Å². The SMILES string of the molecule is [2H]CCCCCCCCCCCCCCCCCC(=O)O[C@H]1[C@@H]([C@@H](COC(=O)CCCCCCCCCCCCCCC)OC(=O)CCCCCCCCCCCCCCCCC[2H])OC(=O)[C@@H]1OC(=O)CCCCCCCCCCCCCCCCC[2H]. The molecule has 0 saturated carbocycles. The van der Waals surface area contributed by atoms with Crippen LogP contribution in [0.25, 0.3) is 0 Å². The predicted molar refractivity (Wildman–Crippen MR) is 359 cm³/mol. The van der Waals surface area contributed by atoms with Crippen LogP contribution in [-0.4, -0.2) is 60.9 Å². The Labute approximate surface area is 536 Å². The van der Waals surface area contributed by atoms with Crippen molar-refractivity contribution < 1.29 is 51.8 Å². The van der Waals surface area contributed by atoms with Crippen LogP contribution < -0.4 is 0 Å². The zero-order valence-corrected chi connectivity index (χ0v) is 56.6. The quantitative estimate of drug-likeness (QED) is 0.0329. The van der Waals surface area contributed by atoms with Gasteiger partial charge < -0.3 is 23.7 Å². The molecule has 10 nitrogen and oxygen atoms in total. The number of unbranched alkanes of at least 4 members (excludes halogenated alkanes) is 54. The minimum atomic E-state index is -1.54. The predicted octanol–water partition coefficient (Wildman–Crippen LogP) is 23.5. The number of hydrogen-bond acceptors (Lipinski definition) is 10. The molecular weight excluding hydrogens is 1070 g/mol. The first-order chi connectivity index (χ1) is 43.8. The molecule has 0 spiro atoms. The van der Waals surface area contributed by atoms with Crippen LogP contribution in [0.2, 0.25) is 0 Å². The van der Waals surface area contributed by atoms with Crippen LogP contribution in [0, 0.1) is 0 Å². The van der Waals surface area contributed by atoms with Gasteiger partial charge in [-0.05, 0) is 25.7 Å². The molecular formula is C76H142O10. The first-order valence-electron chi connectivity index (χ1n) is 39.7. The first-order valence-corrected chi connectivity index (χ1v) is 37.6. The van der Waals surface area contributed by atoms with Gasteiger partial charge in [0.05, 0.1) is 0 Å². The number of hydrogen-bond donors (Lipinski definition) is 0. The lowest BCUT2D eigenvalue weighted by Crippen LogP contribution is -2.47. The average Bonchev–Trinajstić information content (AvgIpc) is 1.90. The number of rotatable bonds is 68. The third-order valence-electron chi connectivity index (χ3n) is 17.8. The molecule has 1 saturated heterocycles. The molecule has 0 radical (unpaired) electrons. The summed E-state index contributed by atoms with van der Waals surface area (Å²) in [6, 6.07) is 0. The van der Waals surface area contributed by atoms with Crippen molar-refractivity contribution in [3.05, 3.63) is 0 Å². The van der Waals surface area contributed by atoms with Gasteiger partial charge in [-0.3, -0.25) is 19.2 Å². The Morgan fingerprint density at radius 3 is 0.872 bits per heavy atom. The topological polar surface area (TPSA) is 132 Å². The fourth-order valence-electron chi connectivity index (χ4n) is 12.2. The third-order valence-corrected chi connectivity index (χ3v) is 17.8. The first kappa shape index (κ1) is 75.8. The molecule has 0 aliphatic carbocycles. The molecule has 1 rings (SSSR count). The molecule has 0 bridgehead atoms. The molecule has 0 aromatic carbocycles. The molecule has 0 N–H and O–H groups in total. The molecule has 1 aliphatic heterocycles. The average molecular weight is 1220 g/mol. The summed E-state index contributed by atoms with van der Waals surface area (Å²) >= 11 is 0. The van der Waals surface area contributed by atoms with Crippen LogP contribution in [0.3, 0.4) is 0 Å². The van der Waals surface area contributed by atoms with Crippen LogP contribution in [0.1, 0.15) is 430 Å². The second-order valence-electron chi connectivity index (χ2n) is 26.1. The summed E-state index contributed by atoms with van der Waals surface area (Å²) < 4.78 is 51.5. The number of ether oxygens (including phenoxy) is 5. The Morgan fingerprint density at radius 1 is 0.337 bits per heavy atom. The van der Waals surface area contributed by atoms with Gasteiger partial charge in [-0.15, -0.1) is 0 Å². The van der Waals surface area contributed by atoms with Crippen LogP contribution in [0.5, 0.6) is 0 Å². The molecule has 86 heavy (non-hydrogen) atoms. The highest BCUT2D eigenvalue weighted by Gasteiger charge is 2.54. The smallest absolute Gasteiger partial charge is 0.352 e. The van der Waals surface area contributed by atoms with E-state index in [1.54, 1.807) is 0 Å². The molecule has 0 aromatic rings. The number of cyclic esters (lactones) is 1. The maximum Gasteiger partial charge on any atom is 0.352 e. The van der Waals surface area contributed by atoms with E-state index in [9.17, 15) is 24.0 Å². The van der Waals surface area contributed by atoms with E-state index in [0.717, 1.165) is 96.3 Å². The van der Waals surface area contributed by atoms with Crippen LogP contribution >= 0.6 is 0 Å². The van der Waals surface area contributed by atoms with Crippen molar-refractivity contribution in [1.82, 2.24) is 0 Å². The third kappa shape index (κ3) is 52.2. The van der Waals surface area contributed by atoms with E-state index in [2.05, 4.69) is 6.92 Å². The zero-order valence-electron chi connectivity index (χ0n) is 59.6. The number of esters is 5. The van der Waals surface area contributed by atoms with E-state index < -0.39 is 54.3 Å². The van der Waals surface area contributed by atoms with E-state index in [-0.39, 0.29) is 32.3 Å². The Morgan fingerprint density at radius 2 is 0.581 bits per heavy atom. The van der Waals surface area contributed by atoms with E-state index in [1.165, 1.54) is 250 Å². The molecule has 0 aromatic heterocycles. The summed E-state index contributed by atoms with van der Waals surface area (Å²) in [4.78, 5) is 68.0.